The van der Waals surface area contributed by atoms with E-state index in [2.05, 4.69) is 34.2 Å². The molecule has 1 aromatic rings. The van der Waals surface area contributed by atoms with Gasteiger partial charge in [-0.2, -0.15) is 4.72 Å². The largest absolute Gasteiger partial charge is 0.383 e. The molecule has 0 saturated carbocycles. The predicted octanol–water partition coefficient (Wildman–Crippen LogP) is 0.969. The number of nitro groups is 1. The molecule has 2 aliphatic heterocycles. The first-order valence-electron chi connectivity index (χ1n) is 13.9. The number of nitrogens with one attached hydrogen (secondary N) is 4. The summed E-state index contributed by atoms with van der Waals surface area (Å²) in [7, 11) is -4.08. The van der Waals surface area contributed by atoms with E-state index in [0.29, 0.717) is 37.8 Å². The molecule has 0 spiro atoms. The fraction of sp³-hybridized carbons (Fsp3) is 0.654. The number of carbonyl (C=O) groups excluding carboxylic acids is 2. The molecule has 3 rings (SSSR count). The predicted molar refractivity (Wildman–Crippen MR) is 155 cm³/mol. The van der Waals surface area contributed by atoms with Crippen LogP contribution in [0, 0.1) is 21.4 Å². The SMILES string of the molecule is CC(=O)NCCC1CCN(C(=O)[C@H](CCCN=C(N)N[N+](=O)[O-])NS(=O)(=O)c2cccc3c2NCC(C)(C)C3)CC1. The summed E-state index contributed by atoms with van der Waals surface area (Å²) in [6, 6.07) is 4.09. The number of para-hydroxylation sites is 1. The molecule has 2 aliphatic rings. The molecule has 0 aliphatic carbocycles. The Kier molecular flexibility index (Phi) is 10.9. The Labute approximate surface area is 241 Å². The third-order valence-electron chi connectivity index (χ3n) is 7.40. The van der Waals surface area contributed by atoms with E-state index in [1.54, 1.807) is 16.4 Å². The van der Waals surface area contributed by atoms with Gasteiger partial charge in [0.25, 0.3) is 5.96 Å². The van der Waals surface area contributed by atoms with Crippen LogP contribution in [0.25, 0.3) is 0 Å². The zero-order chi connectivity index (χ0) is 30.2. The number of amides is 2. The average molecular weight is 595 g/mol. The van der Waals surface area contributed by atoms with Crippen molar-refractivity contribution >= 4 is 33.5 Å². The second-order valence-corrected chi connectivity index (χ2v) is 13.2. The van der Waals surface area contributed by atoms with Crippen molar-refractivity contribution < 1.29 is 23.0 Å². The Bertz CT molecular complexity index is 1240. The molecule has 0 aromatic heterocycles. The van der Waals surface area contributed by atoms with Gasteiger partial charge in [-0.1, -0.05) is 31.4 Å². The summed E-state index contributed by atoms with van der Waals surface area (Å²) in [4.78, 5) is 41.0. The highest BCUT2D eigenvalue weighted by molar-refractivity contribution is 7.89. The minimum atomic E-state index is -4.08. The number of hydrazine groups is 1. The normalized spacial score (nSPS) is 18.1. The third-order valence-corrected chi connectivity index (χ3v) is 8.92. The Morgan fingerprint density at radius 3 is 2.66 bits per heavy atom. The quantitative estimate of drug-likeness (QED) is 0.0768. The first-order chi connectivity index (χ1) is 19.3. The van der Waals surface area contributed by atoms with E-state index in [0.717, 1.165) is 31.2 Å². The van der Waals surface area contributed by atoms with Crippen LogP contribution in [0.15, 0.2) is 28.1 Å². The van der Waals surface area contributed by atoms with Crippen molar-refractivity contribution in [1.29, 1.82) is 0 Å². The number of hydrogen-bond donors (Lipinski definition) is 5. The molecule has 0 bridgehead atoms. The van der Waals surface area contributed by atoms with Gasteiger partial charge in [-0.3, -0.25) is 9.59 Å². The Morgan fingerprint density at radius 1 is 1.29 bits per heavy atom. The molecule has 6 N–H and O–H groups in total. The summed E-state index contributed by atoms with van der Waals surface area (Å²) in [5.41, 5.74) is 8.66. The average Bonchev–Trinajstić information content (AvgIpc) is 2.88. The van der Waals surface area contributed by atoms with Crippen molar-refractivity contribution in [2.24, 2.45) is 22.1 Å². The highest BCUT2D eigenvalue weighted by Gasteiger charge is 2.34. The van der Waals surface area contributed by atoms with Crippen molar-refractivity contribution in [2.45, 2.75) is 70.2 Å². The summed E-state index contributed by atoms with van der Waals surface area (Å²) in [6.07, 6.45) is 3.44. The van der Waals surface area contributed by atoms with Gasteiger partial charge in [0.1, 0.15) is 10.9 Å². The minimum absolute atomic E-state index is 0.0258. The molecule has 1 fully saturated rings. The molecule has 2 heterocycles. The molecule has 1 atom stereocenters. The first kappa shape index (κ1) is 32.1. The lowest BCUT2D eigenvalue weighted by Gasteiger charge is -2.35. The zero-order valence-electron chi connectivity index (χ0n) is 23.9. The fourth-order valence-electron chi connectivity index (χ4n) is 5.28. The zero-order valence-corrected chi connectivity index (χ0v) is 24.8. The number of carbonyl (C=O) groups is 2. The van der Waals surface area contributed by atoms with E-state index >= 15 is 0 Å². The lowest BCUT2D eigenvalue weighted by Crippen LogP contribution is -2.51. The number of rotatable bonds is 12. The lowest BCUT2D eigenvalue weighted by atomic mass is 9.82. The van der Waals surface area contributed by atoms with Crippen LogP contribution in [-0.4, -0.2) is 74.9 Å². The van der Waals surface area contributed by atoms with Gasteiger partial charge in [0.2, 0.25) is 21.8 Å². The number of guanidine groups is 1. The molecule has 228 valence electrons. The molecule has 41 heavy (non-hydrogen) atoms. The summed E-state index contributed by atoms with van der Waals surface area (Å²) in [5.74, 6) is -0.414. The number of anilines is 1. The monoisotopic (exact) mass is 594 g/mol. The highest BCUT2D eigenvalue weighted by Crippen LogP contribution is 2.36. The smallest absolute Gasteiger partial charge is 0.251 e. The highest BCUT2D eigenvalue weighted by atomic mass is 32.2. The second-order valence-electron chi connectivity index (χ2n) is 11.5. The number of hydrogen-bond acceptors (Lipinski definition) is 8. The number of piperidine rings is 1. The number of nitrogens with zero attached hydrogens (tertiary/aromatic N) is 3. The van der Waals surface area contributed by atoms with Gasteiger partial charge in [0, 0.05) is 39.6 Å². The molecule has 14 nitrogen and oxygen atoms in total. The summed E-state index contributed by atoms with van der Waals surface area (Å²) in [6.45, 7) is 7.92. The summed E-state index contributed by atoms with van der Waals surface area (Å²) >= 11 is 0. The number of benzene rings is 1. The van der Waals surface area contributed by atoms with Gasteiger partial charge in [0.15, 0.2) is 5.03 Å². The minimum Gasteiger partial charge on any atom is -0.383 e. The van der Waals surface area contributed by atoms with E-state index in [4.69, 9.17) is 5.73 Å². The van der Waals surface area contributed by atoms with Gasteiger partial charge in [-0.05, 0) is 61.5 Å². The molecule has 15 heteroatoms. The van der Waals surface area contributed by atoms with Crippen LogP contribution in [0.3, 0.4) is 0 Å². The van der Waals surface area contributed by atoms with Gasteiger partial charge >= 0.3 is 0 Å². The van der Waals surface area contributed by atoms with E-state index in [9.17, 15) is 28.1 Å². The van der Waals surface area contributed by atoms with E-state index in [1.807, 2.05) is 6.07 Å². The van der Waals surface area contributed by atoms with Crippen LogP contribution in [0.2, 0.25) is 0 Å². The molecule has 0 radical (unpaired) electrons. The van der Waals surface area contributed by atoms with Gasteiger partial charge in [-0.25, -0.2) is 23.5 Å². The van der Waals surface area contributed by atoms with Crippen LogP contribution in [0.1, 0.15) is 58.4 Å². The fourth-order valence-corrected chi connectivity index (χ4v) is 6.73. The number of fused-ring (bicyclic) bond motifs is 1. The van der Waals surface area contributed by atoms with E-state index < -0.39 is 21.1 Å². The van der Waals surface area contributed by atoms with Crippen LogP contribution >= 0.6 is 0 Å². The number of sulfonamides is 1. The Hall–Kier alpha value is -3.46. The van der Waals surface area contributed by atoms with Crippen LogP contribution in [0.4, 0.5) is 5.69 Å². The summed E-state index contributed by atoms with van der Waals surface area (Å²) < 4.78 is 30.0. The van der Waals surface area contributed by atoms with Crippen molar-refractivity contribution in [2.75, 3.05) is 38.0 Å². The van der Waals surface area contributed by atoms with Gasteiger partial charge < -0.3 is 21.3 Å². The number of likely N-dealkylation sites (tertiary alicyclic amines) is 1. The van der Waals surface area contributed by atoms with Crippen LogP contribution < -0.4 is 26.5 Å². The van der Waals surface area contributed by atoms with Crippen molar-refractivity contribution in [3.8, 4) is 0 Å². The maximum Gasteiger partial charge on any atom is 0.251 e. The lowest BCUT2D eigenvalue weighted by molar-refractivity contribution is -0.525. The van der Waals surface area contributed by atoms with Crippen molar-refractivity contribution in [3.05, 3.63) is 33.9 Å². The molecular formula is C26H42N8O6S. The van der Waals surface area contributed by atoms with Gasteiger partial charge in [0.05, 0.1) is 5.69 Å². The molecule has 2 amide bonds. The van der Waals surface area contributed by atoms with Gasteiger partial charge in [-0.15, -0.1) is 0 Å². The van der Waals surface area contributed by atoms with Crippen LogP contribution in [0.5, 0.6) is 0 Å². The first-order valence-corrected chi connectivity index (χ1v) is 15.4. The number of aliphatic imine (C=N–C) groups is 1. The number of nitrogens with two attached hydrogens (primary N) is 1. The standard InChI is InChI=1S/C26H42N8O6S/c1-18(35)28-13-9-19-10-14-33(15-11-19)24(36)21(7-5-12-29-25(27)31-34(37)38)32-41(39,40)22-8-4-6-20-16-26(2,3)17-30-23(20)22/h4,6,8,19,21,30,32H,5,7,9-17H2,1-3H3,(H,28,35)(H3,27,29,31)/t21-/m0/s1. The van der Waals surface area contributed by atoms with E-state index in [-0.39, 0.29) is 47.5 Å². The molecule has 1 aromatic carbocycles. The van der Waals surface area contributed by atoms with Crippen molar-refractivity contribution in [1.82, 2.24) is 20.4 Å². The third kappa shape index (κ3) is 9.56. The van der Waals surface area contributed by atoms with Crippen molar-refractivity contribution in [3.63, 3.8) is 0 Å². The summed E-state index contributed by atoms with van der Waals surface area (Å²) in [5, 5.41) is 15.8. The van der Waals surface area contributed by atoms with E-state index in [1.165, 1.54) is 13.0 Å². The maximum absolute atomic E-state index is 13.7. The van der Waals surface area contributed by atoms with Crippen LogP contribution in [-0.2, 0) is 26.0 Å². The second kappa shape index (κ2) is 13.9. The Balaban J connectivity index is 1.73. The maximum atomic E-state index is 13.7. The molecule has 0 unspecified atom stereocenters. The molecule has 1 saturated heterocycles. The Morgan fingerprint density at radius 2 is 2.00 bits per heavy atom. The molecular weight excluding hydrogens is 552 g/mol. The topological polar surface area (TPSA) is 201 Å².